The van der Waals surface area contributed by atoms with E-state index in [0.29, 0.717) is 17.0 Å². The van der Waals surface area contributed by atoms with E-state index in [1.807, 2.05) is 6.07 Å². The van der Waals surface area contributed by atoms with Gasteiger partial charge >= 0.3 is 5.97 Å². The minimum Gasteiger partial charge on any atom is -0.477 e. The quantitative estimate of drug-likeness (QED) is 0.689. The maximum Gasteiger partial charge on any atom is 0.346 e. The molecule has 1 heterocycles. The first-order valence-electron chi connectivity index (χ1n) is 6.18. The van der Waals surface area contributed by atoms with E-state index < -0.39 is 5.97 Å². The highest BCUT2D eigenvalue weighted by molar-refractivity contribution is 7.00. The zero-order chi connectivity index (χ0) is 14.7. The lowest BCUT2D eigenvalue weighted by Gasteiger charge is -2.10. The lowest BCUT2D eigenvalue weighted by atomic mass is 9.95. The third kappa shape index (κ3) is 2.53. The number of nitrogens with zero attached hydrogens (tertiary/aromatic N) is 3. The van der Waals surface area contributed by atoms with Crippen molar-refractivity contribution >= 4 is 34.8 Å². The Labute approximate surface area is 120 Å². The van der Waals surface area contributed by atoms with Gasteiger partial charge in [-0.25, -0.2) is 4.79 Å². The number of carbonyl (C=O) groups is 1. The van der Waals surface area contributed by atoms with Crippen molar-refractivity contribution in [1.82, 2.24) is 8.75 Å². The number of carboxylic acids is 1. The van der Waals surface area contributed by atoms with Gasteiger partial charge in [-0.15, -0.1) is 0 Å². The summed E-state index contributed by atoms with van der Waals surface area (Å²) in [5, 5.41) is 17.7. The van der Waals surface area contributed by atoms with Crippen LogP contribution in [0.15, 0.2) is 17.7 Å². The molecule has 1 unspecified atom stereocenters. The highest BCUT2D eigenvalue weighted by atomic mass is 32.1. The molecule has 0 bridgehead atoms. The average molecular weight is 287 g/mol. The number of fused-ring (bicyclic) bond motifs is 1. The Morgan fingerprint density at radius 3 is 2.80 bits per heavy atom. The summed E-state index contributed by atoms with van der Waals surface area (Å²) in [5.74, 6) is -0.885. The number of hydrogen-bond acceptors (Lipinski definition) is 5. The summed E-state index contributed by atoms with van der Waals surface area (Å²) in [6.07, 6.45) is 2.33. The van der Waals surface area contributed by atoms with E-state index in [1.54, 1.807) is 12.1 Å². The fraction of sp³-hybridized carbons (Fsp3) is 0.286. The summed E-state index contributed by atoms with van der Waals surface area (Å²) in [6, 6.07) is 5.40. The zero-order valence-corrected chi connectivity index (χ0v) is 11.9. The molecule has 1 N–H and O–H groups in total. The van der Waals surface area contributed by atoms with Crippen LogP contribution in [0.2, 0.25) is 0 Å². The summed E-state index contributed by atoms with van der Waals surface area (Å²) in [7, 11) is 0. The highest BCUT2D eigenvalue weighted by Crippen LogP contribution is 2.29. The molecule has 1 aromatic carbocycles. The molecule has 2 rings (SSSR count). The van der Waals surface area contributed by atoms with E-state index in [2.05, 4.69) is 22.6 Å². The fourth-order valence-corrected chi connectivity index (χ4v) is 2.52. The molecule has 2 aromatic rings. The van der Waals surface area contributed by atoms with E-state index in [-0.39, 0.29) is 5.57 Å². The van der Waals surface area contributed by atoms with Crippen molar-refractivity contribution in [2.24, 2.45) is 0 Å². The van der Waals surface area contributed by atoms with Crippen LogP contribution in [0.4, 0.5) is 0 Å². The van der Waals surface area contributed by atoms with Gasteiger partial charge in [0.15, 0.2) is 0 Å². The molecule has 0 saturated carbocycles. The van der Waals surface area contributed by atoms with Gasteiger partial charge in [0.05, 0.1) is 11.7 Å². The van der Waals surface area contributed by atoms with Gasteiger partial charge in [-0.3, -0.25) is 0 Å². The van der Waals surface area contributed by atoms with Gasteiger partial charge in [0.1, 0.15) is 22.7 Å². The zero-order valence-electron chi connectivity index (χ0n) is 11.1. The van der Waals surface area contributed by atoms with Gasteiger partial charge in [0, 0.05) is 5.56 Å². The van der Waals surface area contributed by atoms with E-state index >= 15 is 0 Å². The maximum absolute atomic E-state index is 10.9. The van der Waals surface area contributed by atoms with Gasteiger partial charge < -0.3 is 5.11 Å². The Bertz CT molecular complexity index is 728. The molecule has 0 aliphatic rings. The Kier molecular flexibility index (Phi) is 4.11. The molecule has 0 fully saturated rings. The number of carboxylic acid groups (broad SMARTS) is 1. The smallest absolute Gasteiger partial charge is 0.346 e. The summed E-state index contributed by atoms with van der Waals surface area (Å²) in [4.78, 5) is 10.9. The van der Waals surface area contributed by atoms with E-state index in [1.165, 1.54) is 6.08 Å². The minimum atomic E-state index is -1.24. The first kappa shape index (κ1) is 14.2. The summed E-state index contributed by atoms with van der Waals surface area (Å²) in [6.45, 7) is 4.21. The molecule has 0 saturated heterocycles. The second kappa shape index (κ2) is 5.80. The van der Waals surface area contributed by atoms with Crippen molar-refractivity contribution in [3.05, 3.63) is 28.8 Å². The SMILES string of the molecule is CCC(C)c1ccc(/C=C(\C#N)C(=O)O)c2nsnc12. The molecule has 0 amide bonds. The molecule has 1 atom stereocenters. The maximum atomic E-state index is 10.9. The minimum absolute atomic E-state index is 0.310. The Morgan fingerprint density at radius 2 is 2.20 bits per heavy atom. The van der Waals surface area contributed by atoms with Gasteiger partial charge in [0.25, 0.3) is 0 Å². The largest absolute Gasteiger partial charge is 0.477 e. The first-order valence-corrected chi connectivity index (χ1v) is 6.91. The van der Waals surface area contributed by atoms with Crippen molar-refractivity contribution in [3.8, 4) is 6.07 Å². The van der Waals surface area contributed by atoms with Crippen LogP contribution < -0.4 is 0 Å². The van der Waals surface area contributed by atoms with E-state index in [4.69, 9.17) is 10.4 Å². The Hall–Kier alpha value is -2.26. The van der Waals surface area contributed by atoms with Crippen LogP contribution in [0, 0.1) is 11.3 Å². The summed E-state index contributed by atoms with van der Waals surface area (Å²) in [5.41, 5.74) is 2.85. The lowest BCUT2D eigenvalue weighted by molar-refractivity contribution is -0.132. The number of aromatic nitrogens is 2. The normalized spacial score (nSPS) is 13.2. The molecule has 6 heteroatoms. The summed E-state index contributed by atoms with van der Waals surface area (Å²) >= 11 is 1.09. The molecular formula is C14H13N3O2S. The van der Waals surface area contributed by atoms with Crippen LogP contribution in [0.5, 0.6) is 0 Å². The van der Waals surface area contributed by atoms with Crippen LogP contribution in [-0.2, 0) is 4.79 Å². The van der Waals surface area contributed by atoms with Crippen molar-refractivity contribution < 1.29 is 9.90 Å². The lowest BCUT2D eigenvalue weighted by Crippen LogP contribution is -1.98. The molecule has 0 aliphatic heterocycles. The van der Waals surface area contributed by atoms with Crippen LogP contribution in [0.25, 0.3) is 17.1 Å². The third-order valence-corrected chi connectivity index (χ3v) is 3.80. The van der Waals surface area contributed by atoms with Gasteiger partial charge in [-0.2, -0.15) is 14.0 Å². The Balaban J connectivity index is 2.62. The van der Waals surface area contributed by atoms with Crippen molar-refractivity contribution in [2.45, 2.75) is 26.2 Å². The number of aliphatic carboxylic acids is 1. The molecule has 20 heavy (non-hydrogen) atoms. The van der Waals surface area contributed by atoms with Crippen molar-refractivity contribution in [2.75, 3.05) is 0 Å². The average Bonchev–Trinajstić information content (AvgIpc) is 2.92. The van der Waals surface area contributed by atoms with Crippen molar-refractivity contribution in [3.63, 3.8) is 0 Å². The number of benzene rings is 1. The fourth-order valence-electron chi connectivity index (χ4n) is 1.94. The van der Waals surface area contributed by atoms with Crippen molar-refractivity contribution in [1.29, 1.82) is 5.26 Å². The van der Waals surface area contributed by atoms with Crippen LogP contribution in [-0.4, -0.2) is 19.8 Å². The predicted molar refractivity (Wildman–Crippen MR) is 77.3 cm³/mol. The second-order valence-electron chi connectivity index (χ2n) is 4.49. The summed E-state index contributed by atoms with van der Waals surface area (Å²) < 4.78 is 8.52. The third-order valence-electron chi connectivity index (χ3n) is 3.27. The highest BCUT2D eigenvalue weighted by Gasteiger charge is 2.15. The first-order chi connectivity index (χ1) is 9.58. The van der Waals surface area contributed by atoms with Gasteiger partial charge in [-0.05, 0) is 24.0 Å². The standard InChI is InChI=1S/C14H13N3O2S/c1-3-8(2)11-5-4-9(6-10(7-15)14(18)19)12-13(11)17-20-16-12/h4-6,8H,3H2,1-2H3,(H,18,19)/b10-6+. The van der Waals surface area contributed by atoms with Crippen LogP contribution in [0.3, 0.4) is 0 Å². The molecule has 0 radical (unpaired) electrons. The van der Waals surface area contributed by atoms with Crippen LogP contribution >= 0.6 is 11.7 Å². The topological polar surface area (TPSA) is 86.9 Å². The molecule has 0 spiro atoms. The van der Waals surface area contributed by atoms with Gasteiger partial charge in [0.2, 0.25) is 0 Å². The van der Waals surface area contributed by atoms with Gasteiger partial charge in [-0.1, -0.05) is 26.0 Å². The molecule has 102 valence electrons. The second-order valence-corrected chi connectivity index (χ2v) is 5.02. The number of hydrogen-bond donors (Lipinski definition) is 1. The molecular weight excluding hydrogens is 274 g/mol. The molecule has 1 aromatic heterocycles. The molecule has 5 nitrogen and oxygen atoms in total. The molecule has 0 aliphatic carbocycles. The number of rotatable bonds is 4. The predicted octanol–water partition coefficient (Wildman–Crippen LogP) is 3.20. The van der Waals surface area contributed by atoms with Crippen LogP contribution in [0.1, 0.15) is 37.3 Å². The van der Waals surface area contributed by atoms with E-state index in [0.717, 1.165) is 29.2 Å². The monoisotopic (exact) mass is 287 g/mol. The number of nitriles is 1. The Morgan fingerprint density at radius 1 is 1.50 bits per heavy atom. The van der Waals surface area contributed by atoms with E-state index in [9.17, 15) is 4.79 Å².